The highest BCUT2D eigenvalue weighted by atomic mass is 31.2. The van der Waals surface area contributed by atoms with Crippen LogP contribution in [0, 0.1) is 5.41 Å². The predicted octanol–water partition coefficient (Wildman–Crippen LogP) is 9.14. The van der Waals surface area contributed by atoms with Crippen LogP contribution < -0.4 is 4.74 Å². The first-order valence-corrected chi connectivity index (χ1v) is 22.5. The molecule has 0 fully saturated rings. The summed E-state index contributed by atoms with van der Waals surface area (Å²) in [5.74, 6) is 0.662. The van der Waals surface area contributed by atoms with Crippen molar-refractivity contribution in [1.29, 1.82) is 0 Å². The van der Waals surface area contributed by atoms with Crippen molar-refractivity contribution in [2.75, 3.05) is 19.8 Å². The van der Waals surface area contributed by atoms with Crippen LogP contribution in [0.4, 0.5) is 0 Å². The highest BCUT2D eigenvalue weighted by Gasteiger charge is 2.59. The lowest BCUT2D eigenvalue weighted by Crippen LogP contribution is -2.59. The lowest BCUT2D eigenvalue weighted by Gasteiger charge is -2.52. The molecule has 0 aliphatic carbocycles. The number of rotatable bonds is 8. The summed E-state index contributed by atoms with van der Waals surface area (Å²) < 4.78 is 7.78. The maximum absolute atomic E-state index is 11.6. The molecule has 9 N–H and O–H groups in total. The van der Waals surface area contributed by atoms with Crippen LogP contribution in [0.25, 0.3) is 0 Å². The van der Waals surface area contributed by atoms with E-state index in [1.807, 2.05) is 0 Å². The molecule has 0 amide bonds. The second kappa shape index (κ2) is 20.0. The van der Waals surface area contributed by atoms with E-state index >= 15 is 0 Å². The largest absolute Gasteiger partial charge is 0.477 e. The van der Waals surface area contributed by atoms with Gasteiger partial charge in [-0.05, 0) is 71.9 Å². The minimum absolute atomic E-state index is 0.0922. The number of aliphatic hydroxyl groups is 3. The summed E-state index contributed by atoms with van der Waals surface area (Å²) >= 11 is 0. The third-order valence-corrected chi connectivity index (χ3v) is 10.7. The van der Waals surface area contributed by atoms with Crippen LogP contribution in [0.2, 0.25) is 0 Å². The number of hydrogen-bond donors (Lipinski definition) is 9. The van der Waals surface area contributed by atoms with Crippen molar-refractivity contribution in [2.24, 2.45) is 5.41 Å². The van der Waals surface area contributed by atoms with E-state index in [0.717, 1.165) is 27.8 Å². The van der Waals surface area contributed by atoms with Crippen LogP contribution in [-0.2, 0) is 38.1 Å². The zero-order valence-electron chi connectivity index (χ0n) is 39.1. The molecule has 0 spiro atoms. The van der Waals surface area contributed by atoms with Gasteiger partial charge in [0.05, 0.1) is 25.2 Å². The quantitative estimate of drug-likeness (QED) is 0.0988. The Balaban J connectivity index is 0.00000199. The van der Waals surface area contributed by atoms with Crippen molar-refractivity contribution in [3.8, 4) is 5.75 Å². The predicted molar refractivity (Wildman–Crippen MR) is 244 cm³/mol. The highest BCUT2D eigenvalue weighted by Crippen LogP contribution is 2.55. The van der Waals surface area contributed by atoms with Crippen molar-refractivity contribution in [2.45, 2.75) is 163 Å². The van der Waals surface area contributed by atoms with Gasteiger partial charge >= 0.3 is 17.2 Å². The smallest absolute Gasteiger partial charge is 0.324 e. The molecular weight excluding hydrogens is 786 g/mol. The van der Waals surface area contributed by atoms with E-state index in [1.165, 1.54) is 16.7 Å². The number of hydrogen-bond acceptors (Lipinski definition) is 10. The second-order valence-corrected chi connectivity index (χ2v) is 22.9. The molecule has 0 bridgehead atoms. The average molecular weight is 865 g/mol. The average Bonchev–Trinajstić information content (AvgIpc) is 3.05. The van der Waals surface area contributed by atoms with E-state index < -0.39 is 48.0 Å². The Morgan fingerprint density at radius 1 is 0.373 bits per heavy atom. The molecule has 0 aliphatic rings. The van der Waals surface area contributed by atoms with Crippen molar-refractivity contribution < 1.29 is 49.4 Å². The van der Waals surface area contributed by atoms with Crippen LogP contribution in [0.3, 0.4) is 0 Å². The Kier molecular flexibility index (Phi) is 18.6. The molecule has 0 aliphatic heterocycles. The molecule has 0 saturated carbocycles. The minimum Gasteiger partial charge on any atom is -0.477 e. The van der Waals surface area contributed by atoms with Crippen LogP contribution >= 0.6 is 17.2 Å². The summed E-state index contributed by atoms with van der Waals surface area (Å²) in [6.07, 6.45) is 0. The molecule has 59 heavy (non-hydrogen) atoms. The Labute approximate surface area is 358 Å². The van der Waals surface area contributed by atoms with Gasteiger partial charge in [0.2, 0.25) is 0 Å². The van der Waals surface area contributed by atoms with Crippen molar-refractivity contribution in [3.05, 3.63) is 99.1 Å². The highest BCUT2D eigenvalue weighted by molar-refractivity contribution is 7.38. The summed E-state index contributed by atoms with van der Waals surface area (Å²) in [5, 5.41) is 34.9. The van der Waals surface area contributed by atoms with Crippen LogP contribution in [0.1, 0.15) is 169 Å². The molecule has 0 aromatic heterocycles. The number of ether oxygens (including phenoxy) is 1. The fourth-order valence-electron chi connectivity index (χ4n) is 7.13. The van der Waals surface area contributed by atoms with Crippen molar-refractivity contribution in [3.63, 3.8) is 0 Å². The van der Waals surface area contributed by atoms with Gasteiger partial charge in [-0.3, -0.25) is 0 Å². The molecule has 3 rings (SSSR count). The zero-order valence-corrected chi connectivity index (χ0v) is 40.9. The summed E-state index contributed by atoms with van der Waals surface area (Å²) in [4.78, 5) is 43.4. The van der Waals surface area contributed by atoms with Gasteiger partial charge in [0.15, 0.2) is 5.60 Å². The zero-order chi connectivity index (χ0) is 46.5. The maximum Gasteiger partial charge on any atom is 0.324 e. The molecule has 336 valence electrons. The Morgan fingerprint density at radius 3 is 0.864 bits per heavy atom. The lowest BCUT2D eigenvalue weighted by atomic mass is 9.59. The normalized spacial score (nSPS) is 13.5. The Bertz CT molecular complexity index is 1700. The second-order valence-electron chi connectivity index (χ2n) is 21.8. The van der Waals surface area contributed by atoms with Crippen LogP contribution in [0.5, 0.6) is 5.75 Å². The van der Waals surface area contributed by atoms with Gasteiger partial charge in [0.1, 0.15) is 5.75 Å². The molecule has 0 unspecified atom stereocenters. The molecule has 12 heteroatoms. The van der Waals surface area contributed by atoms with Crippen molar-refractivity contribution >= 4 is 17.2 Å². The first kappa shape index (κ1) is 55.0. The molecule has 10 nitrogen and oxygen atoms in total. The minimum atomic E-state index is -2.62. The Hall–Kier alpha value is -2.04. The fraction of sp³-hybridized carbons (Fsp3) is 0.617. The molecule has 0 radical (unpaired) electrons. The van der Waals surface area contributed by atoms with Gasteiger partial charge in [0.25, 0.3) is 0 Å². The monoisotopic (exact) mass is 865 g/mol. The maximum atomic E-state index is 11.6. The van der Waals surface area contributed by atoms with Crippen molar-refractivity contribution in [1.82, 2.24) is 0 Å². The van der Waals surface area contributed by atoms with Gasteiger partial charge < -0.3 is 49.4 Å². The van der Waals surface area contributed by atoms with E-state index in [0.29, 0.717) is 5.75 Å². The molecule has 0 saturated heterocycles. The molecular formula is C47H78O10P2. The van der Waals surface area contributed by atoms with E-state index in [1.54, 1.807) is 0 Å². The summed E-state index contributed by atoms with van der Waals surface area (Å²) in [6.45, 7) is 38.2. The third-order valence-electron chi connectivity index (χ3n) is 10.7. The SMILES string of the molecule is CC(C)(C)c1ccc(OC(c2ccc(C(C)(C)C)cc2C(C)(C)C)(c2ccc(C(C)(C)C)cc2C(C)(C)C)C(CO)(CO)CO)c(C(C)(C)C)c1.OP(O)O.OP(O)O. The van der Waals surface area contributed by atoms with Gasteiger partial charge in [-0.2, -0.15) is 0 Å². The van der Waals surface area contributed by atoms with E-state index in [-0.39, 0.29) is 32.5 Å². The van der Waals surface area contributed by atoms with Gasteiger partial charge in [-0.15, -0.1) is 0 Å². The van der Waals surface area contributed by atoms with Crippen LogP contribution in [-0.4, -0.2) is 64.5 Å². The van der Waals surface area contributed by atoms with E-state index in [2.05, 4.69) is 179 Å². The molecule has 0 heterocycles. The molecule has 0 atom stereocenters. The van der Waals surface area contributed by atoms with Gasteiger partial charge in [-0.1, -0.05) is 173 Å². The third kappa shape index (κ3) is 14.0. The summed E-state index contributed by atoms with van der Waals surface area (Å²) in [7, 11) is -5.24. The van der Waals surface area contributed by atoms with E-state index in [4.69, 9.17) is 34.1 Å². The molecule has 3 aromatic carbocycles. The van der Waals surface area contributed by atoms with E-state index in [9.17, 15) is 15.3 Å². The molecule has 3 aromatic rings. The first-order chi connectivity index (χ1) is 26.4. The topological polar surface area (TPSA) is 191 Å². The fourth-order valence-corrected chi connectivity index (χ4v) is 7.13. The lowest BCUT2D eigenvalue weighted by molar-refractivity contribution is -0.123. The first-order valence-electron chi connectivity index (χ1n) is 20.1. The standard InChI is InChI=1S/C47H72O4.2H3O3P/c1-40(2,3)31-19-22-34(36(25-31)43(10,11)12)47(46(28-48,29-49)30-50,35-23-20-32(41(4,5)6)26-37(35)44(13,14)15)51-39-24-21-33(42(7,8)9)27-38(39)45(16,17)18;2*1-4(2)3/h19-27,48-50H,28-30H2,1-18H3;2*1-3H. The summed E-state index contributed by atoms with van der Waals surface area (Å²) in [6, 6.07) is 19.6. The van der Waals surface area contributed by atoms with Crippen LogP contribution in [0.15, 0.2) is 54.6 Å². The Morgan fingerprint density at radius 2 is 0.627 bits per heavy atom. The number of benzene rings is 3. The number of aliphatic hydroxyl groups excluding tert-OH is 3. The van der Waals surface area contributed by atoms with Gasteiger partial charge in [0, 0.05) is 11.1 Å². The van der Waals surface area contributed by atoms with Gasteiger partial charge in [-0.25, -0.2) is 0 Å². The summed E-state index contributed by atoms with van der Waals surface area (Å²) in [5.41, 5.74) is 3.83.